The molecule has 0 saturated carbocycles. The van der Waals surface area contributed by atoms with Crippen molar-refractivity contribution in [1.82, 2.24) is 0 Å². The topological polar surface area (TPSA) is 9.23 Å². The Labute approximate surface area is 131 Å². The third-order valence-corrected chi connectivity index (χ3v) is 3.55. The van der Waals surface area contributed by atoms with E-state index in [9.17, 15) is 0 Å². The zero-order chi connectivity index (χ0) is 16.3. The number of aryl methyl sites for hydroxylation is 2. The molecule has 0 saturated heterocycles. The van der Waals surface area contributed by atoms with E-state index in [4.69, 9.17) is 4.74 Å². The molecule has 0 aliphatic rings. The first-order chi connectivity index (χ1) is 9.50. The molecule has 0 fully saturated rings. The van der Waals surface area contributed by atoms with Crippen LogP contribution in [0.4, 0.5) is 0 Å². The van der Waals surface area contributed by atoms with E-state index < -0.39 is 0 Å². The van der Waals surface area contributed by atoms with Gasteiger partial charge in [-0.25, -0.2) is 0 Å². The lowest BCUT2D eigenvalue weighted by Gasteiger charge is -2.22. The van der Waals surface area contributed by atoms with E-state index in [1.54, 1.807) is 0 Å². The predicted octanol–water partition coefficient (Wildman–Crippen LogP) is 5.97. The minimum Gasteiger partial charge on any atom is -0.489 e. The summed E-state index contributed by atoms with van der Waals surface area (Å²) in [6.07, 6.45) is 5.42. The molecule has 1 aromatic rings. The van der Waals surface area contributed by atoms with Crippen molar-refractivity contribution in [2.45, 2.75) is 67.2 Å². The second kappa shape index (κ2) is 6.68. The van der Waals surface area contributed by atoms with E-state index in [0.717, 1.165) is 12.2 Å². The van der Waals surface area contributed by atoms with Crippen molar-refractivity contribution in [2.75, 3.05) is 6.61 Å². The Balaban J connectivity index is 2.73. The molecular formula is C20H32O. The van der Waals surface area contributed by atoms with Crippen molar-refractivity contribution in [3.8, 4) is 5.75 Å². The van der Waals surface area contributed by atoms with Gasteiger partial charge in [0.25, 0.3) is 0 Å². The summed E-state index contributed by atoms with van der Waals surface area (Å²) in [5.41, 5.74) is 4.35. The van der Waals surface area contributed by atoms with Gasteiger partial charge in [-0.2, -0.15) is 0 Å². The van der Waals surface area contributed by atoms with Crippen LogP contribution in [0.2, 0.25) is 0 Å². The summed E-state index contributed by atoms with van der Waals surface area (Å²) >= 11 is 0. The fourth-order valence-corrected chi connectivity index (χ4v) is 2.25. The first-order valence-corrected chi connectivity index (χ1v) is 7.90. The highest BCUT2D eigenvalue weighted by atomic mass is 16.5. The molecule has 1 heteroatoms. The molecule has 21 heavy (non-hydrogen) atoms. The number of rotatable bonds is 4. The zero-order valence-electron chi connectivity index (χ0n) is 15.1. The van der Waals surface area contributed by atoms with Gasteiger partial charge in [-0.3, -0.25) is 0 Å². The van der Waals surface area contributed by atoms with Gasteiger partial charge in [0.1, 0.15) is 12.4 Å². The van der Waals surface area contributed by atoms with Gasteiger partial charge in [-0.05, 0) is 47.8 Å². The molecule has 0 amide bonds. The Morgan fingerprint density at radius 1 is 0.905 bits per heavy atom. The molecular weight excluding hydrogens is 256 g/mol. The summed E-state index contributed by atoms with van der Waals surface area (Å²) < 4.78 is 5.96. The Hall–Kier alpha value is -1.24. The fourth-order valence-electron chi connectivity index (χ4n) is 2.25. The van der Waals surface area contributed by atoms with E-state index in [1.807, 2.05) is 0 Å². The van der Waals surface area contributed by atoms with Crippen LogP contribution >= 0.6 is 0 Å². The molecule has 1 rings (SSSR count). The molecule has 0 aliphatic carbocycles. The molecule has 0 heterocycles. The summed E-state index contributed by atoms with van der Waals surface area (Å²) in [6, 6.07) is 4.50. The van der Waals surface area contributed by atoms with Crippen LogP contribution < -0.4 is 4.74 Å². The van der Waals surface area contributed by atoms with Gasteiger partial charge < -0.3 is 4.74 Å². The Morgan fingerprint density at radius 3 is 1.86 bits per heavy atom. The molecule has 0 N–H and O–H groups in total. The maximum atomic E-state index is 5.96. The SMILES string of the molecule is Cc1cc(C(C)(C)C)cc(C)c1OC/C=C/CC(C)(C)C. The zero-order valence-corrected chi connectivity index (χ0v) is 15.1. The Kier molecular flexibility index (Phi) is 5.67. The monoisotopic (exact) mass is 288 g/mol. The summed E-state index contributed by atoms with van der Waals surface area (Å²) in [6.45, 7) is 18.4. The Bertz CT molecular complexity index is 473. The minimum absolute atomic E-state index is 0.181. The fraction of sp³-hybridized carbons (Fsp3) is 0.600. The van der Waals surface area contributed by atoms with Crippen molar-refractivity contribution >= 4 is 0 Å². The summed E-state index contributed by atoms with van der Waals surface area (Å²) in [5, 5.41) is 0. The molecule has 0 unspecified atom stereocenters. The van der Waals surface area contributed by atoms with Gasteiger partial charge >= 0.3 is 0 Å². The van der Waals surface area contributed by atoms with E-state index in [1.165, 1.54) is 16.7 Å². The maximum Gasteiger partial charge on any atom is 0.125 e. The van der Waals surface area contributed by atoms with Gasteiger partial charge in [0.15, 0.2) is 0 Å². The first-order valence-electron chi connectivity index (χ1n) is 7.90. The van der Waals surface area contributed by atoms with Gasteiger partial charge in [0.2, 0.25) is 0 Å². The standard InChI is InChI=1S/C20H32O/c1-15-13-17(20(6,7)8)14-16(2)18(15)21-12-10-9-11-19(3,4)5/h9-10,13-14H,11-12H2,1-8H3/b10-9+. The Morgan fingerprint density at radius 2 is 1.43 bits per heavy atom. The third-order valence-electron chi connectivity index (χ3n) is 3.55. The highest BCUT2D eigenvalue weighted by Crippen LogP contribution is 2.31. The largest absolute Gasteiger partial charge is 0.489 e. The van der Waals surface area contributed by atoms with E-state index in [0.29, 0.717) is 12.0 Å². The molecule has 0 aliphatic heterocycles. The summed E-state index contributed by atoms with van der Waals surface area (Å²) in [7, 11) is 0. The van der Waals surface area contributed by atoms with Crippen molar-refractivity contribution < 1.29 is 4.74 Å². The second-order valence-corrected chi connectivity index (χ2v) is 8.24. The van der Waals surface area contributed by atoms with E-state index in [2.05, 4.69) is 79.7 Å². The summed E-state index contributed by atoms with van der Waals surface area (Å²) in [5.74, 6) is 1.03. The molecule has 118 valence electrons. The van der Waals surface area contributed by atoms with Crippen LogP contribution in [0.5, 0.6) is 5.75 Å². The van der Waals surface area contributed by atoms with Crippen molar-refractivity contribution in [3.05, 3.63) is 41.0 Å². The number of allylic oxidation sites excluding steroid dienone is 1. The highest BCUT2D eigenvalue weighted by molar-refractivity contribution is 5.45. The molecule has 0 radical (unpaired) electrons. The normalized spacial score (nSPS) is 13.0. The summed E-state index contributed by atoms with van der Waals surface area (Å²) in [4.78, 5) is 0. The van der Waals surface area contributed by atoms with Crippen LogP contribution in [0.1, 0.15) is 64.7 Å². The highest BCUT2D eigenvalue weighted by Gasteiger charge is 2.16. The average Bonchev–Trinajstić information content (AvgIpc) is 2.28. The van der Waals surface area contributed by atoms with Crippen LogP contribution in [0.3, 0.4) is 0 Å². The van der Waals surface area contributed by atoms with Gasteiger partial charge in [-0.1, -0.05) is 65.8 Å². The molecule has 0 spiro atoms. The lowest BCUT2D eigenvalue weighted by atomic mass is 9.85. The van der Waals surface area contributed by atoms with Gasteiger partial charge in [-0.15, -0.1) is 0 Å². The van der Waals surface area contributed by atoms with Crippen molar-refractivity contribution in [3.63, 3.8) is 0 Å². The predicted molar refractivity (Wildman–Crippen MR) is 93.3 cm³/mol. The number of ether oxygens (including phenoxy) is 1. The first kappa shape index (κ1) is 17.8. The lowest BCUT2D eigenvalue weighted by molar-refractivity contribution is 0.355. The number of benzene rings is 1. The van der Waals surface area contributed by atoms with Crippen LogP contribution in [-0.4, -0.2) is 6.61 Å². The second-order valence-electron chi connectivity index (χ2n) is 8.24. The van der Waals surface area contributed by atoms with Crippen molar-refractivity contribution in [1.29, 1.82) is 0 Å². The number of hydrogen-bond donors (Lipinski definition) is 0. The van der Waals surface area contributed by atoms with Crippen LogP contribution in [0.15, 0.2) is 24.3 Å². The molecule has 1 aromatic carbocycles. The van der Waals surface area contributed by atoms with Gasteiger partial charge in [0, 0.05) is 0 Å². The molecule has 1 nitrogen and oxygen atoms in total. The number of hydrogen-bond acceptors (Lipinski definition) is 1. The lowest BCUT2D eigenvalue weighted by Crippen LogP contribution is -2.12. The third kappa shape index (κ3) is 5.95. The van der Waals surface area contributed by atoms with E-state index in [-0.39, 0.29) is 5.41 Å². The van der Waals surface area contributed by atoms with Crippen molar-refractivity contribution in [2.24, 2.45) is 5.41 Å². The maximum absolute atomic E-state index is 5.96. The van der Waals surface area contributed by atoms with Gasteiger partial charge in [0.05, 0.1) is 0 Å². The smallest absolute Gasteiger partial charge is 0.125 e. The average molecular weight is 288 g/mol. The molecule has 0 atom stereocenters. The molecule has 0 aromatic heterocycles. The molecule has 0 bridgehead atoms. The quantitative estimate of drug-likeness (QED) is 0.620. The van der Waals surface area contributed by atoms with E-state index >= 15 is 0 Å². The van der Waals surface area contributed by atoms with Crippen LogP contribution in [0.25, 0.3) is 0 Å². The van der Waals surface area contributed by atoms with Crippen LogP contribution in [0, 0.1) is 19.3 Å². The van der Waals surface area contributed by atoms with Crippen LogP contribution in [-0.2, 0) is 5.41 Å². The minimum atomic E-state index is 0.181.